The molecule has 1 atom stereocenters. The van der Waals surface area contributed by atoms with Crippen LogP contribution in [-0.2, 0) is 14.6 Å². The Bertz CT molecular complexity index is 1100. The van der Waals surface area contributed by atoms with E-state index in [1.807, 2.05) is 66.7 Å². The highest BCUT2D eigenvalue weighted by atomic mass is 32.2. The van der Waals surface area contributed by atoms with E-state index in [-0.39, 0.29) is 29.2 Å². The summed E-state index contributed by atoms with van der Waals surface area (Å²) in [6, 6.07) is 20.7. The number of aromatic nitrogens is 1. The first-order valence-electron chi connectivity index (χ1n) is 9.08. The van der Waals surface area contributed by atoms with E-state index in [1.54, 1.807) is 4.90 Å². The fourth-order valence-corrected chi connectivity index (χ4v) is 5.90. The molecule has 2 aromatic carbocycles. The number of thioether (sulfide) groups is 1. The summed E-state index contributed by atoms with van der Waals surface area (Å²) in [5.41, 5.74) is 1.63. The second-order valence-electron chi connectivity index (χ2n) is 6.79. The molecule has 1 aromatic heterocycles. The van der Waals surface area contributed by atoms with Crippen LogP contribution in [0.1, 0.15) is 6.42 Å². The average Bonchev–Trinajstić information content (AvgIpc) is 3.06. The largest absolute Gasteiger partial charge is 0.308 e. The number of para-hydroxylation sites is 2. The second kappa shape index (κ2) is 7.93. The van der Waals surface area contributed by atoms with E-state index in [9.17, 15) is 13.2 Å². The van der Waals surface area contributed by atoms with Gasteiger partial charge in [0.2, 0.25) is 5.91 Å². The van der Waals surface area contributed by atoms with Gasteiger partial charge in [-0.05, 0) is 30.7 Å². The van der Waals surface area contributed by atoms with Crippen molar-refractivity contribution in [3.8, 4) is 0 Å². The number of hydrogen-bond donors (Lipinski definition) is 0. The number of fused-ring (bicyclic) bond motifs is 1. The summed E-state index contributed by atoms with van der Waals surface area (Å²) in [4.78, 5) is 19.3. The highest BCUT2D eigenvalue weighted by Gasteiger charge is 2.35. The Hall–Kier alpha value is -2.38. The van der Waals surface area contributed by atoms with Crippen molar-refractivity contribution < 1.29 is 13.2 Å². The molecular weight excluding hydrogens is 392 g/mol. The number of anilines is 1. The maximum Gasteiger partial charge on any atom is 0.237 e. The zero-order valence-electron chi connectivity index (χ0n) is 15.2. The van der Waals surface area contributed by atoms with Crippen LogP contribution in [0.2, 0.25) is 0 Å². The summed E-state index contributed by atoms with van der Waals surface area (Å²) in [5, 5.41) is 1.83. The third kappa shape index (κ3) is 4.20. The van der Waals surface area contributed by atoms with Gasteiger partial charge in [-0.3, -0.25) is 4.79 Å². The Morgan fingerprint density at radius 1 is 1.04 bits per heavy atom. The van der Waals surface area contributed by atoms with Crippen molar-refractivity contribution in [2.24, 2.45) is 0 Å². The summed E-state index contributed by atoms with van der Waals surface area (Å²) in [5.74, 6) is 0.255. The monoisotopic (exact) mass is 412 g/mol. The molecule has 1 unspecified atom stereocenters. The van der Waals surface area contributed by atoms with E-state index in [0.29, 0.717) is 6.42 Å². The lowest BCUT2D eigenvalue weighted by molar-refractivity contribution is -0.116. The van der Waals surface area contributed by atoms with Gasteiger partial charge in [-0.2, -0.15) is 0 Å². The van der Waals surface area contributed by atoms with Gasteiger partial charge in [0.15, 0.2) is 9.84 Å². The van der Waals surface area contributed by atoms with Crippen LogP contribution in [-0.4, -0.2) is 42.6 Å². The van der Waals surface area contributed by atoms with Crippen molar-refractivity contribution in [2.75, 3.05) is 22.2 Å². The fourth-order valence-electron chi connectivity index (χ4n) is 3.46. The Morgan fingerprint density at radius 2 is 1.79 bits per heavy atom. The van der Waals surface area contributed by atoms with E-state index >= 15 is 0 Å². The molecule has 1 fully saturated rings. The molecule has 0 N–H and O–H groups in total. The van der Waals surface area contributed by atoms with Crippen LogP contribution in [0.5, 0.6) is 0 Å². The van der Waals surface area contributed by atoms with Gasteiger partial charge in [0.25, 0.3) is 0 Å². The van der Waals surface area contributed by atoms with E-state index < -0.39 is 9.84 Å². The SMILES string of the molecule is O=C(CSc1ccc2ccccc2n1)N(c1ccccc1)C1CCS(=O)(=O)C1. The van der Waals surface area contributed by atoms with Crippen molar-refractivity contribution in [3.63, 3.8) is 0 Å². The molecule has 1 aliphatic heterocycles. The number of benzene rings is 2. The van der Waals surface area contributed by atoms with Crippen LogP contribution < -0.4 is 4.90 Å². The highest BCUT2D eigenvalue weighted by molar-refractivity contribution is 7.99. The molecule has 2 heterocycles. The maximum absolute atomic E-state index is 13.1. The van der Waals surface area contributed by atoms with Gasteiger partial charge >= 0.3 is 0 Å². The van der Waals surface area contributed by atoms with Crippen LogP contribution >= 0.6 is 11.8 Å². The molecule has 5 nitrogen and oxygen atoms in total. The number of carbonyl (C=O) groups excluding carboxylic acids is 1. The molecule has 4 rings (SSSR count). The number of hydrogen-bond acceptors (Lipinski definition) is 5. The molecule has 0 aliphatic carbocycles. The summed E-state index contributed by atoms with van der Waals surface area (Å²) in [6.07, 6.45) is 0.474. The summed E-state index contributed by atoms with van der Waals surface area (Å²) in [6.45, 7) is 0. The molecule has 1 saturated heterocycles. The zero-order chi connectivity index (χ0) is 19.6. The van der Waals surface area contributed by atoms with Crippen molar-refractivity contribution in [3.05, 3.63) is 66.7 Å². The minimum Gasteiger partial charge on any atom is -0.308 e. The number of nitrogens with zero attached hydrogens (tertiary/aromatic N) is 2. The predicted molar refractivity (Wildman–Crippen MR) is 113 cm³/mol. The van der Waals surface area contributed by atoms with Crippen LogP contribution in [0, 0.1) is 0 Å². The molecule has 144 valence electrons. The van der Waals surface area contributed by atoms with Gasteiger partial charge in [-0.25, -0.2) is 13.4 Å². The van der Waals surface area contributed by atoms with E-state index in [4.69, 9.17) is 0 Å². The van der Waals surface area contributed by atoms with Crippen LogP contribution in [0.25, 0.3) is 10.9 Å². The number of rotatable bonds is 5. The molecule has 0 radical (unpaired) electrons. The first-order chi connectivity index (χ1) is 13.5. The van der Waals surface area contributed by atoms with Gasteiger partial charge in [0.05, 0.1) is 33.8 Å². The maximum atomic E-state index is 13.1. The van der Waals surface area contributed by atoms with Gasteiger partial charge in [-0.15, -0.1) is 0 Å². The lowest BCUT2D eigenvalue weighted by Crippen LogP contribution is -2.42. The van der Waals surface area contributed by atoms with Gasteiger partial charge in [0, 0.05) is 11.1 Å². The third-order valence-electron chi connectivity index (χ3n) is 4.79. The second-order valence-corrected chi connectivity index (χ2v) is 10.0. The lowest BCUT2D eigenvalue weighted by Gasteiger charge is -2.28. The molecule has 3 aromatic rings. The van der Waals surface area contributed by atoms with Gasteiger partial charge < -0.3 is 4.90 Å². The molecule has 1 aliphatic rings. The quantitative estimate of drug-likeness (QED) is 0.600. The Labute approximate surface area is 168 Å². The van der Waals surface area contributed by atoms with Crippen LogP contribution in [0.3, 0.4) is 0 Å². The molecule has 28 heavy (non-hydrogen) atoms. The standard InChI is InChI=1S/C21H20N2O3S2/c24-21(14-27-20-11-10-16-6-4-5-9-19(16)22-20)23(17-7-2-1-3-8-17)18-12-13-28(25,26)15-18/h1-11,18H,12-15H2. The van der Waals surface area contributed by atoms with Crippen molar-refractivity contribution in [1.82, 2.24) is 4.98 Å². The summed E-state index contributed by atoms with van der Waals surface area (Å²) in [7, 11) is -3.09. The van der Waals surface area contributed by atoms with E-state index in [2.05, 4.69) is 4.98 Å². The van der Waals surface area contributed by atoms with Crippen molar-refractivity contribution in [1.29, 1.82) is 0 Å². The molecule has 0 spiro atoms. The van der Waals surface area contributed by atoms with E-state index in [1.165, 1.54) is 11.8 Å². The molecule has 0 bridgehead atoms. The minimum absolute atomic E-state index is 0.0204. The third-order valence-corrected chi connectivity index (χ3v) is 7.46. The molecule has 0 saturated carbocycles. The lowest BCUT2D eigenvalue weighted by atomic mass is 10.2. The van der Waals surface area contributed by atoms with Gasteiger partial charge in [-0.1, -0.05) is 54.2 Å². The number of carbonyl (C=O) groups is 1. The normalized spacial score (nSPS) is 18.2. The zero-order valence-corrected chi connectivity index (χ0v) is 16.8. The predicted octanol–water partition coefficient (Wildman–Crippen LogP) is 3.55. The number of amides is 1. The van der Waals surface area contributed by atoms with Crippen LogP contribution in [0.15, 0.2) is 71.8 Å². The number of pyridine rings is 1. The summed E-state index contributed by atoms with van der Waals surface area (Å²) >= 11 is 1.37. The first kappa shape index (κ1) is 19.0. The van der Waals surface area contributed by atoms with Gasteiger partial charge in [0.1, 0.15) is 0 Å². The molecular formula is C21H20N2O3S2. The topological polar surface area (TPSA) is 67.3 Å². The average molecular weight is 413 g/mol. The highest BCUT2D eigenvalue weighted by Crippen LogP contribution is 2.27. The number of sulfone groups is 1. The Kier molecular flexibility index (Phi) is 5.37. The smallest absolute Gasteiger partial charge is 0.237 e. The summed E-state index contributed by atoms with van der Waals surface area (Å²) < 4.78 is 23.9. The molecule has 7 heteroatoms. The van der Waals surface area contributed by atoms with Crippen LogP contribution in [0.4, 0.5) is 5.69 Å². The Morgan fingerprint density at radius 3 is 2.54 bits per heavy atom. The Balaban J connectivity index is 1.53. The van der Waals surface area contributed by atoms with Crippen molar-refractivity contribution >= 4 is 44.1 Å². The van der Waals surface area contributed by atoms with Crippen molar-refractivity contribution in [2.45, 2.75) is 17.5 Å². The van der Waals surface area contributed by atoms with E-state index in [0.717, 1.165) is 21.6 Å². The molecule has 1 amide bonds. The first-order valence-corrected chi connectivity index (χ1v) is 11.9. The minimum atomic E-state index is -3.09. The fraction of sp³-hybridized carbons (Fsp3) is 0.238.